The topological polar surface area (TPSA) is 50.4 Å². The zero-order valence-corrected chi connectivity index (χ0v) is 11.0. The van der Waals surface area contributed by atoms with Crippen molar-refractivity contribution >= 4 is 11.6 Å². The predicted octanol–water partition coefficient (Wildman–Crippen LogP) is 1.92. The minimum Gasteiger partial charge on any atom is -0.377 e. The molecule has 1 rings (SSSR count). The highest BCUT2D eigenvalue weighted by atomic mass is 19.1. The van der Waals surface area contributed by atoms with Gasteiger partial charge < -0.3 is 15.4 Å². The average Bonchev–Trinajstić information content (AvgIpc) is 2.33. The lowest BCUT2D eigenvalue weighted by Gasteiger charge is -2.09. The molecule has 0 spiro atoms. The second kappa shape index (κ2) is 7.81. The maximum absolute atomic E-state index is 13.2. The van der Waals surface area contributed by atoms with Crippen molar-refractivity contribution in [2.75, 3.05) is 25.0 Å². The number of para-hydroxylation sites is 1. The maximum Gasteiger partial charge on any atom is 0.238 e. The first-order valence-corrected chi connectivity index (χ1v) is 6.07. The van der Waals surface area contributed by atoms with E-state index in [0.717, 1.165) is 12.1 Å². The first kappa shape index (κ1) is 15.5. The Morgan fingerprint density at radius 2 is 1.95 bits per heavy atom. The predicted molar refractivity (Wildman–Crippen MR) is 68.9 cm³/mol. The summed E-state index contributed by atoms with van der Waals surface area (Å²) >= 11 is 0. The maximum atomic E-state index is 13.2. The first-order valence-electron chi connectivity index (χ1n) is 6.07. The molecular formula is C13H18F2N2O2. The van der Waals surface area contributed by atoms with Crippen LogP contribution in [0, 0.1) is 11.6 Å². The summed E-state index contributed by atoms with van der Waals surface area (Å²) in [5.74, 6) is -2.10. The highest BCUT2D eigenvalue weighted by Crippen LogP contribution is 2.17. The van der Waals surface area contributed by atoms with E-state index in [2.05, 4.69) is 10.6 Å². The minimum absolute atomic E-state index is 0.0325. The van der Waals surface area contributed by atoms with Gasteiger partial charge in [-0.2, -0.15) is 0 Å². The van der Waals surface area contributed by atoms with Crippen LogP contribution in [0.25, 0.3) is 0 Å². The number of carbonyl (C=O) groups is 1. The highest BCUT2D eigenvalue weighted by Gasteiger charge is 2.11. The van der Waals surface area contributed by atoms with E-state index in [9.17, 15) is 13.6 Å². The van der Waals surface area contributed by atoms with Crippen LogP contribution in [0.3, 0.4) is 0 Å². The molecule has 6 heteroatoms. The Bertz CT molecular complexity index is 405. The Morgan fingerprint density at radius 1 is 1.32 bits per heavy atom. The minimum atomic E-state index is -0.795. The van der Waals surface area contributed by atoms with Crippen molar-refractivity contribution in [3.05, 3.63) is 29.8 Å². The number of benzene rings is 1. The number of ether oxygens (including phenoxy) is 1. The fraction of sp³-hybridized carbons (Fsp3) is 0.462. The van der Waals surface area contributed by atoms with E-state index in [1.807, 2.05) is 13.8 Å². The number of carbonyl (C=O) groups excluding carboxylic acids is 1. The zero-order valence-electron chi connectivity index (χ0n) is 11.0. The molecule has 2 N–H and O–H groups in total. The van der Waals surface area contributed by atoms with Crippen molar-refractivity contribution in [2.45, 2.75) is 20.0 Å². The smallest absolute Gasteiger partial charge is 0.238 e. The molecule has 1 amide bonds. The lowest BCUT2D eigenvalue weighted by molar-refractivity contribution is -0.115. The van der Waals surface area contributed by atoms with Gasteiger partial charge >= 0.3 is 0 Å². The molecule has 0 saturated heterocycles. The van der Waals surface area contributed by atoms with Gasteiger partial charge in [0.25, 0.3) is 0 Å². The molecule has 0 aliphatic rings. The monoisotopic (exact) mass is 272 g/mol. The number of rotatable bonds is 7. The van der Waals surface area contributed by atoms with Crippen LogP contribution in [-0.4, -0.2) is 31.7 Å². The van der Waals surface area contributed by atoms with Gasteiger partial charge in [-0.15, -0.1) is 0 Å². The molecule has 1 aromatic carbocycles. The largest absolute Gasteiger partial charge is 0.377 e. The summed E-state index contributed by atoms with van der Waals surface area (Å²) < 4.78 is 31.8. The molecule has 0 bridgehead atoms. The van der Waals surface area contributed by atoms with Crippen LogP contribution < -0.4 is 10.6 Å². The summed E-state index contributed by atoms with van der Waals surface area (Å²) in [5, 5.41) is 5.00. The summed E-state index contributed by atoms with van der Waals surface area (Å²) in [7, 11) is 0. The standard InChI is InChI=1S/C13H18F2N2O2/c1-9(2)19-7-6-16-8-12(18)17-13-10(14)4-3-5-11(13)15/h3-5,9,16H,6-8H2,1-2H3,(H,17,18). The summed E-state index contributed by atoms with van der Waals surface area (Å²) in [6, 6.07) is 3.41. The average molecular weight is 272 g/mol. The molecule has 106 valence electrons. The Labute approximate surface area is 111 Å². The third kappa shape index (κ3) is 5.76. The fourth-order valence-corrected chi connectivity index (χ4v) is 1.37. The SMILES string of the molecule is CC(C)OCCNCC(=O)Nc1c(F)cccc1F. The third-order valence-electron chi connectivity index (χ3n) is 2.24. The normalized spacial score (nSPS) is 10.8. The summed E-state index contributed by atoms with van der Waals surface area (Å²) in [5.41, 5.74) is -0.423. The van der Waals surface area contributed by atoms with Gasteiger partial charge in [-0.25, -0.2) is 8.78 Å². The highest BCUT2D eigenvalue weighted by molar-refractivity contribution is 5.92. The molecule has 0 radical (unpaired) electrons. The van der Waals surface area contributed by atoms with E-state index in [-0.39, 0.29) is 12.6 Å². The van der Waals surface area contributed by atoms with E-state index in [4.69, 9.17) is 4.74 Å². The Balaban J connectivity index is 2.32. The van der Waals surface area contributed by atoms with E-state index >= 15 is 0 Å². The number of anilines is 1. The third-order valence-corrected chi connectivity index (χ3v) is 2.24. The zero-order chi connectivity index (χ0) is 14.3. The van der Waals surface area contributed by atoms with Crippen LogP contribution in [0.15, 0.2) is 18.2 Å². The van der Waals surface area contributed by atoms with Gasteiger partial charge in [-0.05, 0) is 26.0 Å². The number of hydrogen-bond acceptors (Lipinski definition) is 3. The van der Waals surface area contributed by atoms with E-state index < -0.39 is 23.2 Å². The van der Waals surface area contributed by atoms with Crippen LogP contribution in [0.1, 0.15) is 13.8 Å². The van der Waals surface area contributed by atoms with Gasteiger partial charge in [-0.1, -0.05) is 6.07 Å². The van der Waals surface area contributed by atoms with Gasteiger partial charge in [-0.3, -0.25) is 4.79 Å². The molecule has 4 nitrogen and oxygen atoms in total. The molecule has 0 fully saturated rings. The summed E-state index contributed by atoms with van der Waals surface area (Å²) in [6.07, 6.45) is 0.128. The number of hydrogen-bond donors (Lipinski definition) is 2. The Kier molecular flexibility index (Phi) is 6.38. The van der Waals surface area contributed by atoms with Crippen LogP contribution in [0.2, 0.25) is 0 Å². The van der Waals surface area contributed by atoms with Crippen molar-refractivity contribution in [3.63, 3.8) is 0 Å². The van der Waals surface area contributed by atoms with E-state index in [1.54, 1.807) is 0 Å². The van der Waals surface area contributed by atoms with Crippen LogP contribution in [-0.2, 0) is 9.53 Å². The first-order chi connectivity index (χ1) is 9.00. The molecule has 1 aromatic rings. The van der Waals surface area contributed by atoms with Crippen molar-refractivity contribution in [2.24, 2.45) is 0 Å². The van der Waals surface area contributed by atoms with E-state index in [0.29, 0.717) is 13.2 Å². The molecule has 0 aliphatic carbocycles. The number of halogens is 2. The van der Waals surface area contributed by atoms with E-state index in [1.165, 1.54) is 6.07 Å². The number of nitrogens with one attached hydrogen (secondary N) is 2. The molecule has 0 unspecified atom stereocenters. The van der Waals surface area contributed by atoms with Gasteiger partial charge in [0.15, 0.2) is 0 Å². The molecule has 0 aliphatic heterocycles. The van der Waals surface area contributed by atoms with Gasteiger partial charge in [0.05, 0.1) is 19.3 Å². The lowest BCUT2D eigenvalue weighted by Crippen LogP contribution is -2.31. The van der Waals surface area contributed by atoms with Crippen molar-refractivity contribution < 1.29 is 18.3 Å². The summed E-state index contributed by atoms with van der Waals surface area (Å²) in [6.45, 7) is 4.75. The summed E-state index contributed by atoms with van der Waals surface area (Å²) in [4.78, 5) is 11.5. The Hall–Kier alpha value is -1.53. The van der Waals surface area contributed by atoms with Crippen molar-refractivity contribution in [1.82, 2.24) is 5.32 Å². The molecule has 0 saturated carbocycles. The van der Waals surface area contributed by atoms with Gasteiger partial charge in [0, 0.05) is 6.54 Å². The van der Waals surface area contributed by atoms with Crippen LogP contribution >= 0.6 is 0 Å². The molecule has 0 atom stereocenters. The van der Waals surface area contributed by atoms with Gasteiger partial charge in [0.2, 0.25) is 5.91 Å². The number of amides is 1. The van der Waals surface area contributed by atoms with Gasteiger partial charge in [0.1, 0.15) is 17.3 Å². The van der Waals surface area contributed by atoms with Crippen molar-refractivity contribution in [1.29, 1.82) is 0 Å². The van der Waals surface area contributed by atoms with Crippen molar-refractivity contribution in [3.8, 4) is 0 Å². The lowest BCUT2D eigenvalue weighted by atomic mass is 10.3. The molecule has 0 heterocycles. The quantitative estimate of drug-likeness (QED) is 0.746. The molecular weight excluding hydrogens is 254 g/mol. The second-order valence-electron chi connectivity index (χ2n) is 4.24. The molecule has 0 aromatic heterocycles. The fourth-order valence-electron chi connectivity index (χ4n) is 1.37. The van der Waals surface area contributed by atoms with Crippen LogP contribution in [0.5, 0.6) is 0 Å². The Morgan fingerprint density at radius 3 is 2.53 bits per heavy atom. The van der Waals surface area contributed by atoms with Crippen LogP contribution in [0.4, 0.5) is 14.5 Å². The molecule has 19 heavy (non-hydrogen) atoms. The second-order valence-corrected chi connectivity index (χ2v) is 4.24.